The van der Waals surface area contributed by atoms with Gasteiger partial charge in [-0.25, -0.2) is 9.37 Å². The second-order valence-corrected chi connectivity index (χ2v) is 5.29. The molecule has 0 spiro atoms. The number of benzene rings is 1. The smallest absolute Gasteiger partial charge is 0.313 e. The SMILES string of the molecule is O=C(O)CSc1ncc(-c2cc(Br)ccc2F)[nH]1. The fourth-order valence-electron chi connectivity index (χ4n) is 1.35. The first-order valence-electron chi connectivity index (χ1n) is 4.91. The summed E-state index contributed by atoms with van der Waals surface area (Å²) in [6.07, 6.45) is 1.48. The van der Waals surface area contributed by atoms with Crippen LogP contribution in [0.5, 0.6) is 0 Å². The van der Waals surface area contributed by atoms with E-state index in [0.29, 0.717) is 16.4 Å². The maximum absolute atomic E-state index is 13.6. The number of aromatic amines is 1. The molecule has 2 N–H and O–H groups in total. The van der Waals surface area contributed by atoms with Crippen molar-refractivity contribution in [2.24, 2.45) is 0 Å². The number of thioether (sulfide) groups is 1. The second-order valence-electron chi connectivity index (χ2n) is 3.41. The molecular weight excluding hydrogens is 323 g/mol. The van der Waals surface area contributed by atoms with E-state index in [0.717, 1.165) is 16.2 Å². The number of imidazole rings is 1. The molecule has 0 atom stereocenters. The Bertz CT molecular complexity index is 588. The molecule has 0 aliphatic rings. The van der Waals surface area contributed by atoms with Crippen LogP contribution >= 0.6 is 27.7 Å². The Hall–Kier alpha value is -1.34. The Kier molecular flexibility index (Phi) is 4.03. The lowest BCUT2D eigenvalue weighted by atomic mass is 10.1. The summed E-state index contributed by atoms with van der Waals surface area (Å²) in [5.74, 6) is -1.38. The average Bonchev–Trinajstić information content (AvgIpc) is 2.78. The molecule has 18 heavy (non-hydrogen) atoms. The van der Waals surface area contributed by atoms with Crippen LogP contribution in [0.4, 0.5) is 4.39 Å². The first-order chi connectivity index (χ1) is 8.56. The van der Waals surface area contributed by atoms with Gasteiger partial charge in [0.05, 0.1) is 17.6 Å². The summed E-state index contributed by atoms with van der Waals surface area (Å²) in [6, 6.07) is 4.59. The van der Waals surface area contributed by atoms with Gasteiger partial charge in [0.1, 0.15) is 5.82 Å². The van der Waals surface area contributed by atoms with Crippen LogP contribution in [-0.4, -0.2) is 26.8 Å². The first kappa shape index (κ1) is 13.1. The van der Waals surface area contributed by atoms with E-state index in [1.54, 1.807) is 12.1 Å². The largest absolute Gasteiger partial charge is 0.481 e. The van der Waals surface area contributed by atoms with Gasteiger partial charge in [0.25, 0.3) is 0 Å². The highest BCUT2D eigenvalue weighted by Crippen LogP contribution is 2.26. The quantitative estimate of drug-likeness (QED) is 0.845. The molecule has 0 radical (unpaired) electrons. The molecule has 0 aliphatic heterocycles. The van der Waals surface area contributed by atoms with Crippen LogP contribution in [0.1, 0.15) is 0 Å². The van der Waals surface area contributed by atoms with E-state index in [1.807, 2.05) is 0 Å². The van der Waals surface area contributed by atoms with E-state index in [2.05, 4.69) is 25.9 Å². The number of carboxylic acids is 1. The van der Waals surface area contributed by atoms with Gasteiger partial charge in [-0.3, -0.25) is 4.79 Å². The molecule has 0 saturated carbocycles. The van der Waals surface area contributed by atoms with Crippen LogP contribution in [0, 0.1) is 5.82 Å². The molecule has 0 amide bonds. The fourth-order valence-corrected chi connectivity index (χ4v) is 2.28. The zero-order valence-corrected chi connectivity index (χ0v) is 11.4. The maximum atomic E-state index is 13.6. The minimum Gasteiger partial charge on any atom is -0.481 e. The summed E-state index contributed by atoms with van der Waals surface area (Å²) in [6.45, 7) is 0. The Morgan fingerprint density at radius 2 is 2.33 bits per heavy atom. The molecule has 0 bridgehead atoms. The number of hydrogen-bond acceptors (Lipinski definition) is 3. The molecule has 0 fully saturated rings. The first-order valence-corrected chi connectivity index (χ1v) is 6.69. The van der Waals surface area contributed by atoms with E-state index >= 15 is 0 Å². The van der Waals surface area contributed by atoms with Crippen molar-refractivity contribution >= 4 is 33.7 Å². The number of hydrogen-bond donors (Lipinski definition) is 2. The van der Waals surface area contributed by atoms with E-state index in [9.17, 15) is 9.18 Å². The summed E-state index contributed by atoms with van der Waals surface area (Å²) in [5, 5.41) is 9.00. The molecule has 4 nitrogen and oxygen atoms in total. The Morgan fingerprint density at radius 1 is 1.56 bits per heavy atom. The Labute approximate surface area is 115 Å². The molecule has 2 aromatic rings. The lowest BCUT2D eigenvalue weighted by Gasteiger charge is -2.00. The lowest BCUT2D eigenvalue weighted by Crippen LogP contribution is -1.97. The van der Waals surface area contributed by atoms with Crippen LogP contribution in [0.3, 0.4) is 0 Å². The molecular formula is C11H8BrFN2O2S. The molecule has 94 valence electrons. The number of carboxylic acid groups (broad SMARTS) is 1. The molecule has 1 aromatic heterocycles. The molecule has 1 heterocycles. The van der Waals surface area contributed by atoms with Crippen molar-refractivity contribution in [3.05, 3.63) is 34.7 Å². The monoisotopic (exact) mass is 330 g/mol. The van der Waals surface area contributed by atoms with E-state index in [-0.39, 0.29) is 11.6 Å². The van der Waals surface area contributed by atoms with Crippen LogP contribution in [0.25, 0.3) is 11.3 Å². The van der Waals surface area contributed by atoms with Gasteiger partial charge < -0.3 is 10.1 Å². The summed E-state index contributed by atoms with van der Waals surface area (Å²) in [5.41, 5.74) is 0.903. The van der Waals surface area contributed by atoms with E-state index in [4.69, 9.17) is 5.11 Å². The molecule has 1 aromatic carbocycles. The molecule has 0 saturated heterocycles. The third kappa shape index (κ3) is 3.11. The minimum atomic E-state index is -0.924. The predicted molar refractivity (Wildman–Crippen MR) is 70.0 cm³/mol. The molecule has 7 heteroatoms. The van der Waals surface area contributed by atoms with Crippen LogP contribution in [0.2, 0.25) is 0 Å². The van der Waals surface area contributed by atoms with Crippen molar-refractivity contribution < 1.29 is 14.3 Å². The van der Waals surface area contributed by atoms with Crippen molar-refractivity contribution in [2.45, 2.75) is 5.16 Å². The normalized spacial score (nSPS) is 10.6. The zero-order chi connectivity index (χ0) is 13.1. The van der Waals surface area contributed by atoms with Gasteiger partial charge in [-0.2, -0.15) is 0 Å². The summed E-state index contributed by atoms with van der Waals surface area (Å²) >= 11 is 4.32. The van der Waals surface area contributed by atoms with Gasteiger partial charge in [0.15, 0.2) is 5.16 Å². The second kappa shape index (κ2) is 5.53. The molecule has 0 unspecified atom stereocenters. The van der Waals surface area contributed by atoms with Gasteiger partial charge in [-0.1, -0.05) is 27.7 Å². The van der Waals surface area contributed by atoms with Crippen molar-refractivity contribution in [1.82, 2.24) is 9.97 Å². The predicted octanol–water partition coefficient (Wildman–Crippen LogP) is 3.16. The average molecular weight is 331 g/mol. The van der Waals surface area contributed by atoms with Gasteiger partial charge in [0, 0.05) is 10.0 Å². The topological polar surface area (TPSA) is 66.0 Å². The number of aliphatic carboxylic acids is 1. The van der Waals surface area contributed by atoms with Crippen LogP contribution in [-0.2, 0) is 4.79 Å². The highest BCUT2D eigenvalue weighted by atomic mass is 79.9. The number of nitrogens with one attached hydrogen (secondary N) is 1. The van der Waals surface area contributed by atoms with Gasteiger partial charge in [-0.15, -0.1) is 0 Å². The number of halogens is 2. The lowest BCUT2D eigenvalue weighted by molar-refractivity contribution is -0.133. The van der Waals surface area contributed by atoms with Crippen molar-refractivity contribution in [2.75, 3.05) is 5.75 Å². The van der Waals surface area contributed by atoms with Gasteiger partial charge in [0.2, 0.25) is 0 Å². The van der Waals surface area contributed by atoms with Crippen molar-refractivity contribution in [3.8, 4) is 11.3 Å². The molecule has 2 rings (SSSR count). The Morgan fingerprint density at radius 3 is 3.06 bits per heavy atom. The van der Waals surface area contributed by atoms with E-state index in [1.165, 1.54) is 12.3 Å². The minimum absolute atomic E-state index is 0.0894. The summed E-state index contributed by atoms with van der Waals surface area (Å²) in [7, 11) is 0. The maximum Gasteiger partial charge on any atom is 0.313 e. The Balaban J connectivity index is 2.23. The number of nitrogens with zero attached hydrogens (tertiary/aromatic N) is 1. The number of aromatic nitrogens is 2. The van der Waals surface area contributed by atoms with Crippen molar-refractivity contribution in [3.63, 3.8) is 0 Å². The van der Waals surface area contributed by atoms with Crippen LogP contribution < -0.4 is 0 Å². The standard InChI is InChI=1S/C11H8BrFN2O2S/c12-6-1-2-8(13)7(3-6)9-4-14-11(15-9)18-5-10(16)17/h1-4H,5H2,(H,14,15)(H,16,17). The van der Waals surface area contributed by atoms with Crippen LogP contribution in [0.15, 0.2) is 34.0 Å². The van der Waals surface area contributed by atoms with Crippen molar-refractivity contribution in [1.29, 1.82) is 0 Å². The van der Waals surface area contributed by atoms with Gasteiger partial charge in [-0.05, 0) is 18.2 Å². The molecule has 0 aliphatic carbocycles. The number of rotatable bonds is 4. The zero-order valence-electron chi connectivity index (χ0n) is 8.98. The third-order valence-corrected chi connectivity index (χ3v) is 3.47. The highest BCUT2D eigenvalue weighted by molar-refractivity contribution is 9.10. The summed E-state index contributed by atoms with van der Waals surface area (Å²) in [4.78, 5) is 17.3. The van der Waals surface area contributed by atoms with Gasteiger partial charge >= 0.3 is 5.97 Å². The number of carbonyl (C=O) groups is 1. The summed E-state index contributed by atoms with van der Waals surface area (Å²) < 4.78 is 14.4. The number of H-pyrrole nitrogens is 1. The van der Waals surface area contributed by atoms with E-state index < -0.39 is 5.97 Å². The fraction of sp³-hybridized carbons (Fsp3) is 0.0909. The highest BCUT2D eigenvalue weighted by Gasteiger charge is 2.10. The third-order valence-electron chi connectivity index (χ3n) is 2.10.